The van der Waals surface area contributed by atoms with E-state index in [1.165, 1.54) is 29.5 Å². The SMILES string of the molecule is Cc1csc(Nc2ccc(O)c(Oc3c(F)cccc3F)n2)n1. The zero-order valence-corrected chi connectivity index (χ0v) is 12.7. The summed E-state index contributed by atoms with van der Waals surface area (Å²) in [6.07, 6.45) is 0. The van der Waals surface area contributed by atoms with Crippen molar-refractivity contribution in [2.75, 3.05) is 5.32 Å². The van der Waals surface area contributed by atoms with Gasteiger partial charge in [-0.05, 0) is 31.2 Å². The number of pyridine rings is 1. The number of ether oxygens (including phenoxy) is 1. The highest BCUT2D eigenvalue weighted by Gasteiger charge is 2.15. The fourth-order valence-corrected chi connectivity index (χ4v) is 2.47. The third-order valence-electron chi connectivity index (χ3n) is 2.81. The number of halogens is 2. The summed E-state index contributed by atoms with van der Waals surface area (Å²) in [6.45, 7) is 1.85. The van der Waals surface area contributed by atoms with Crippen molar-refractivity contribution in [3.8, 4) is 17.4 Å². The van der Waals surface area contributed by atoms with Gasteiger partial charge in [-0.2, -0.15) is 4.98 Å². The zero-order valence-electron chi connectivity index (χ0n) is 11.9. The monoisotopic (exact) mass is 335 g/mol. The molecule has 1 aromatic carbocycles. The normalized spacial score (nSPS) is 10.6. The molecule has 8 heteroatoms. The Kier molecular flexibility index (Phi) is 4.07. The van der Waals surface area contributed by atoms with Gasteiger partial charge in [-0.15, -0.1) is 11.3 Å². The highest BCUT2D eigenvalue weighted by Crippen LogP contribution is 2.33. The first-order chi connectivity index (χ1) is 11.0. The van der Waals surface area contributed by atoms with Crippen molar-refractivity contribution in [3.05, 3.63) is 53.0 Å². The first-order valence-electron chi connectivity index (χ1n) is 6.54. The van der Waals surface area contributed by atoms with Gasteiger partial charge < -0.3 is 15.2 Å². The van der Waals surface area contributed by atoms with Gasteiger partial charge >= 0.3 is 0 Å². The first kappa shape index (κ1) is 15.2. The molecular weight excluding hydrogens is 324 g/mol. The largest absolute Gasteiger partial charge is 0.503 e. The molecule has 0 radical (unpaired) electrons. The maximum Gasteiger partial charge on any atom is 0.264 e. The number of aromatic nitrogens is 2. The number of hydrogen-bond donors (Lipinski definition) is 2. The standard InChI is InChI=1S/C15H11F2N3O2S/c1-8-7-23-15(18-8)20-12-6-5-11(21)14(19-12)22-13-9(16)3-2-4-10(13)17/h2-7,21H,1H3,(H,18,19,20). The van der Waals surface area contributed by atoms with Crippen LogP contribution in [0, 0.1) is 18.6 Å². The lowest BCUT2D eigenvalue weighted by molar-refractivity contribution is 0.365. The predicted octanol–water partition coefficient (Wildman–Crippen LogP) is 4.37. The Morgan fingerprint density at radius 1 is 1.13 bits per heavy atom. The lowest BCUT2D eigenvalue weighted by atomic mass is 10.3. The van der Waals surface area contributed by atoms with Crippen molar-refractivity contribution < 1.29 is 18.6 Å². The molecule has 118 valence electrons. The van der Waals surface area contributed by atoms with Gasteiger partial charge in [0, 0.05) is 5.38 Å². The Morgan fingerprint density at radius 2 is 1.87 bits per heavy atom. The Morgan fingerprint density at radius 3 is 2.52 bits per heavy atom. The number of para-hydroxylation sites is 1. The molecule has 0 bridgehead atoms. The minimum atomic E-state index is -0.889. The minimum Gasteiger partial charge on any atom is -0.503 e. The molecular formula is C15H11F2N3O2S. The first-order valence-corrected chi connectivity index (χ1v) is 7.42. The average Bonchev–Trinajstić information content (AvgIpc) is 2.91. The highest BCUT2D eigenvalue weighted by molar-refractivity contribution is 7.13. The molecule has 2 N–H and O–H groups in total. The van der Waals surface area contributed by atoms with E-state index in [0.29, 0.717) is 10.9 Å². The number of thiazole rings is 1. The smallest absolute Gasteiger partial charge is 0.264 e. The lowest BCUT2D eigenvalue weighted by Crippen LogP contribution is -1.98. The van der Waals surface area contributed by atoms with E-state index < -0.39 is 17.4 Å². The van der Waals surface area contributed by atoms with Gasteiger partial charge in [0.2, 0.25) is 5.75 Å². The van der Waals surface area contributed by atoms with Crippen LogP contribution in [0.25, 0.3) is 0 Å². The zero-order chi connectivity index (χ0) is 16.4. The van der Waals surface area contributed by atoms with Gasteiger partial charge in [-0.25, -0.2) is 13.8 Å². The van der Waals surface area contributed by atoms with Gasteiger partial charge in [0.25, 0.3) is 5.88 Å². The van der Waals surface area contributed by atoms with Gasteiger partial charge in [0.1, 0.15) is 5.82 Å². The maximum absolute atomic E-state index is 13.6. The molecule has 3 rings (SSSR count). The van der Waals surface area contributed by atoms with Crippen molar-refractivity contribution in [2.45, 2.75) is 6.92 Å². The minimum absolute atomic E-state index is 0.313. The number of benzene rings is 1. The summed E-state index contributed by atoms with van der Waals surface area (Å²) in [5.74, 6) is -2.73. The van der Waals surface area contributed by atoms with Gasteiger partial charge in [0.05, 0.1) is 5.69 Å². The summed E-state index contributed by atoms with van der Waals surface area (Å²) in [7, 11) is 0. The number of aromatic hydroxyl groups is 1. The number of hydrogen-bond acceptors (Lipinski definition) is 6. The number of rotatable bonds is 4. The van der Waals surface area contributed by atoms with Crippen LogP contribution in [0.5, 0.6) is 17.4 Å². The molecule has 2 heterocycles. The second kappa shape index (κ2) is 6.17. The summed E-state index contributed by atoms with van der Waals surface area (Å²) in [5.41, 5.74) is 0.848. The quantitative estimate of drug-likeness (QED) is 0.741. The van der Waals surface area contributed by atoms with E-state index in [4.69, 9.17) is 4.74 Å². The molecule has 3 aromatic rings. The number of nitrogens with zero attached hydrogens (tertiary/aromatic N) is 2. The van der Waals surface area contributed by atoms with Crippen molar-refractivity contribution >= 4 is 22.3 Å². The van der Waals surface area contributed by atoms with Gasteiger partial charge in [-0.1, -0.05) is 6.07 Å². The highest BCUT2D eigenvalue weighted by atomic mass is 32.1. The Labute approximate surface area is 134 Å². The van der Waals surface area contributed by atoms with E-state index in [1.807, 2.05) is 12.3 Å². The van der Waals surface area contributed by atoms with E-state index in [-0.39, 0.29) is 11.6 Å². The molecule has 5 nitrogen and oxygen atoms in total. The van der Waals surface area contributed by atoms with Crippen LogP contribution in [0.2, 0.25) is 0 Å². The van der Waals surface area contributed by atoms with Gasteiger partial charge in [0.15, 0.2) is 22.5 Å². The van der Waals surface area contributed by atoms with Gasteiger partial charge in [-0.3, -0.25) is 0 Å². The summed E-state index contributed by atoms with van der Waals surface area (Å²) >= 11 is 1.38. The molecule has 0 saturated heterocycles. The molecule has 0 atom stereocenters. The van der Waals surface area contributed by atoms with Crippen LogP contribution in [0.3, 0.4) is 0 Å². The molecule has 0 amide bonds. The number of nitrogens with one attached hydrogen (secondary N) is 1. The Bertz CT molecular complexity index is 834. The third-order valence-corrected chi connectivity index (χ3v) is 3.69. The van der Waals surface area contributed by atoms with E-state index in [0.717, 1.165) is 17.8 Å². The molecule has 0 saturated carbocycles. The third kappa shape index (κ3) is 3.37. The molecule has 0 fully saturated rings. The van der Waals surface area contributed by atoms with E-state index >= 15 is 0 Å². The topological polar surface area (TPSA) is 67.3 Å². The second-order valence-electron chi connectivity index (χ2n) is 4.59. The van der Waals surface area contributed by atoms with Crippen molar-refractivity contribution in [2.24, 2.45) is 0 Å². The molecule has 0 spiro atoms. The molecule has 0 aliphatic rings. The predicted molar refractivity (Wildman–Crippen MR) is 82.5 cm³/mol. The van der Waals surface area contributed by atoms with Crippen LogP contribution in [0.4, 0.5) is 19.7 Å². The van der Waals surface area contributed by atoms with Crippen molar-refractivity contribution in [1.29, 1.82) is 0 Å². The van der Waals surface area contributed by atoms with Crippen LogP contribution in [0.1, 0.15) is 5.69 Å². The summed E-state index contributed by atoms with van der Waals surface area (Å²) in [5, 5.41) is 15.2. The fourth-order valence-electron chi connectivity index (χ4n) is 1.78. The van der Waals surface area contributed by atoms with E-state index in [9.17, 15) is 13.9 Å². The molecule has 0 aliphatic heterocycles. The number of aryl methyl sites for hydroxylation is 1. The Balaban J connectivity index is 1.89. The molecule has 2 aromatic heterocycles. The van der Waals surface area contributed by atoms with Crippen molar-refractivity contribution in [3.63, 3.8) is 0 Å². The van der Waals surface area contributed by atoms with Crippen LogP contribution in [-0.4, -0.2) is 15.1 Å². The summed E-state index contributed by atoms with van der Waals surface area (Å²) < 4.78 is 32.3. The maximum atomic E-state index is 13.6. The van der Waals surface area contributed by atoms with E-state index in [1.54, 1.807) is 0 Å². The second-order valence-corrected chi connectivity index (χ2v) is 5.45. The van der Waals surface area contributed by atoms with Crippen LogP contribution in [0.15, 0.2) is 35.7 Å². The Hall–Kier alpha value is -2.74. The molecule has 0 unspecified atom stereocenters. The fraction of sp³-hybridized carbons (Fsp3) is 0.0667. The lowest BCUT2D eigenvalue weighted by Gasteiger charge is -2.10. The molecule has 23 heavy (non-hydrogen) atoms. The van der Waals surface area contributed by atoms with Crippen LogP contribution in [-0.2, 0) is 0 Å². The average molecular weight is 335 g/mol. The summed E-state index contributed by atoms with van der Waals surface area (Å²) in [6, 6.07) is 6.12. The summed E-state index contributed by atoms with van der Waals surface area (Å²) in [4.78, 5) is 8.22. The van der Waals surface area contributed by atoms with Crippen molar-refractivity contribution in [1.82, 2.24) is 9.97 Å². The number of anilines is 2. The molecule has 0 aliphatic carbocycles. The van der Waals surface area contributed by atoms with Crippen LogP contribution < -0.4 is 10.1 Å². The van der Waals surface area contributed by atoms with E-state index in [2.05, 4.69) is 15.3 Å². The van der Waals surface area contributed by atoms with Crippen LogP contribution >= 0.6 is 11.3 Å².